The van der Waals surface area contributed by atoms with Crippen LogP contribution in [0.5, 0.6) is 0 Å². The molecule has 0 saturated carbocycles. The predicted octanol–water partition coefficient (Wildman–Crippen LogP) is 3.94. The Balaban J connectivity index is 2.29. The summed E-state index contributed by atoms with van der Waals surface area (Å²) in [5.74, 6) is 0.656. The first-order valence-electron chi connectivity index (χ1n) is 5.45. The van der Waals surface area contributed by atoms with Gasteiger partial charge < -0.3 is 0 Å². The molecule has 0 aliphatic heterocycles. The molecule has 0 N–H and O–H groups in total. The van der Waals surface area contributed by atoms with E-state index in [0.717, 1.165) is 17.5 Å². The van der Waals surface area contributed by atoms with Crippen LogP contribution < -0.4 is 0 Å². The Labute approximate surface area is 111 Å². The van der Waals surface area contributed by atoms with Crippen LogP contribution in [0.15, 0.2) is 30.3 Å². The monoisotopic (exact) mass is 266 g/mol. The van der Waals surface area contributed by atoms with Gasteiger partial charge in [0.2, 0.25) is 0 Å². The van der Waals surface area contributed by atoms with Gasteiger partial charge in [-0.2, -0.15) is 0 Å². The van der Waals surface area contributed by atoms with E-state index in [0.29, 0.717) is 22.6 Å². The molecule has 1 heterocycles. The lowest BCUT2D eigenvalue weighted by molar-refractivity contribution is 0.936. The number of benzene rings is 1. The highest BCUT2D eigenvalue weighted by Gasteiger charge is 2.10. The van der Waals surface area contributed by atoms with E-state index < -0.39 is 0 Å². The molecule has 0 unspecified atom stereocenters. The summed E-state index contributed by atoms with van der Waals surface area (Å²) >= 11 is 12.1. The number of nitrogens with zero attached hydrogens (tertiary/aromatic N) is 2. The summed E-state index contributed by atoms with van der Waals surface area (Å²) in [7, 11) is 0. The summed E-state index contributed by atoms with van der Waals surface area (Å²) in [4.78, 5) is 8.54. The molecule has 0 saturated heterocycles. The normalized spacial score (nSPS) is 10.5. The highest BCUT2D eigenvalue weighted by Crippen LogP contribution is 2.22. The number of rotatable bonds is 3. The van der Waals surface area contributed by atoms with Crippen LogP contribution in [0.1, 0.15) is 23.9 Å². The molecular weight excluding hydrogens is 255 g/mol. The SMILES string of the molecule is CCc1c(Cl)nc(Cc2ccccc2)nc1Cl. The Morgan fingerprint density at radius 2 is 1.59 bits per heavy atom. The van der Waals surface area contributed by atoms with Gasteiger partial charge in [-0.15, -0.1) is 0 Å². The maximum atomic E-state index is 6.07. The fraction of sp³-hybridized carbons (Fsp3) is 0.231. The lowest BCUT2D eigenvalue weighted by Crippen LogP contribution is -2.01. The summed E-state index contributed by atoms with van der Waals surface area (Å²) in [5.41, 5.74) is 1.95. The molecule has 2 rings (SSSR count). The van der Waals surface area contributed by atoms with Crippen molar-refractivity contribution in [1.29, 1.82) is 0 Å². The first-order valence-corrected chi connectivity index (χ1v) is 6.21. The molecule has 2 nitrogen and oxygen atoms in total. The Morgan fingerprint density at radius 3 is 2.12 bits per heavy atom. The van der Waals surface area contributed by atoms with Gasteiger partial charge in [-0.1, -0.05) is 60.5 Å². The van der Waals surface area contributed by atoms with Crippen molar-refractivity contribution in [2.45, 2.75) is 19.8 Å². The summed E-state index contributed by atoms with van der Waals surface area (Å²) in [6.45, 7) is 1.98. The van der Waals surface area contributed by atoms with E-state index in [1.54, 1.807) is 0 Å². The van der Waals surface area contributed by atoms with Gasteiger partial charge in [-0.3, -0.25) is 0 Å². The van der Waals surface area contributed by atoms with Crippen molar-refractivity contribution in [2.24, 2.45) is 0 Å². The molecule has 2 aromatic rings. The zero-order chi connectivity index (χ0) is 12.3. The van der Waals surface area contributed by atoms with Crippen LogP contribution in [0.2, 0.25) is 10.3 Å². The van der Waals surface area contributed by atoms with Gasteiger partial charge in [0.15, 0.2) is 0 Å². The molecule has 0 aliphatic rings. The van der Waals surface area contributed by atoms with E-state index in [1.807, 2.05) is 37.3 Å². The molecule has 0 fully saturated rings. The van der Waals surface area contributed by atoms with Gasteiger partial charge in [0, 0.05) is 12.0 Å². The van der Waals surface area contributed by atoms with E-state index >= 15 is 0 Å². The first kappa shape index (κ1) is 12.3. The average molecular weight is 267 g/mol. The minimum Gasteiger partial charge on any atom is -0.220 e. The van der Waals surface area contributed by atoms with Crippen molar-refractivity contribution in [2.75, 3.05) is 0 Å². The standard InChI is InChI=1S/C13H12Cl2N2/c1-2-10-12(14)16-11(17-13(10)15)8-9-6-4-3-5-7-9/h3-7H,2,8H2,1H3. The molecule has 1 aromatic heterocycles. The molecule has 0 bridgehead atoms. The largest absolute Gasteiger partial charge is 0.220 e. The Hall–Kier alpha value is -1.12. The van der Waals surface area contributed by atoms with Crippen LogP contribution in [-0.4, -0.2) is 9.97 Å². The van der Waals surface area contributed by atoms with E-state index in [9.17, 15) is 0 Å². The number of hydrogen-bond donors (Lipinski definition) is 0. The zero-order valence-electron chi connectivity index (χ0n) is 9.45. The highest BCUT2D eigenvalue weighted by molar-refractivity contribution is 6.34. The first-order chi connectivity index (χ1) is 8.20. The smallest absolute Gasteiger partial charge is 0.137 e. The minimum atomic E-state index is 0.457. The minimum absolute atomic E-state index is 0.457. The van der Waals surface area contributed by atoms with Crippen molar-refractivity contribution in [1.82, 2.24) is 9.97 Å². The summed E-state index contributed by atoms with van der Waals surface area (Å²) in [6.07, 6.45) is 1.38. The highest BCUT2D eigenvalue weighted by atomic mass is 35.5. The van der Waals surface area contributed by atoms with Crippen molar-refractivity contribution in [3.8, 4) is 0 Å². The van der Waals surface area contributed by atoms with Gasteiger partial charge in [0.25, 0.3) is 0 Å². The van der Waals surface area contributed by atoms with E-state index in [-0.39, 0.29) is 0 Å². The third-order valence-electron chi connectivity index (χ3n) is 2.51. The lowest BCUT2D eigenvalue weighted by atomic mass is 10.1. The molecule has 1 aromatic carbocycles. The van der Waals surface area contributed by atoms with Gasteiger partial charge in [0.1, 0.15) is 16.1 Å². The zero-order valence-corrected chi connectivity index (χ0v) is 11.0. The van der Waals surface area contributed by atoms with Crippen LogP contribution in [0, 0.1) is 0 Å². The molecule has 0 spiro atoms. The van der Waals surface area contributed by atoms with Crippen molar-refractivity contribution in [3.05, 3.63) is 57.6 Å². The second kappa shape index (κ2) is 5.48. The molecule has 88 valence electrons. The molecule has 0 radical (unpaired) electrons. The van der Waals surface area contributed by atoms with Crippen LogP contribution in [0.25, 0.3) is 0 Å². The lowest BCUT2D eigenvalue weighted by Gasteiger charge is -2.06. The van der Waals surface area contributed by atoms with Crippen molar-refractivity contribution in [3.63, 3.8) is 0 Å². The van der Waals surface area contributed by atoms with E-state index in [4.69, 9.17) is 23.2 Å². The molecule has 0 atom stereocenters. The second-order valence-electron chi connectivity index (χ2n) is 3.72. The van der Waals surface area contributed by atoms with Crippen molar-refractivity contribution < 1.29 is 0 Å². The third kappa shape index (κ3) is 2.96. The maximum Gasteiger partial charge on any atom is 0.137 e. The molecule has 0 aliphatic carbocycles. The fourth-order valence-corrected chi connectivity index (χ4v) is 2.31. The Morgan fingerprint density at radius 1 is 1.00 bits per heavy atom. The topological polar surface area (TPSA) is 25.8 Å². The van der Waals surface area contributed by atoms with Crippen LogP contribution >= 0.6 is 23.2 Å². The molecule has 17 heavy (non-hydrogen) atoms. The third-order valence-corrected chi connectivity index (χ3v) is 3.14. The average Bonchev–Trinajstić information content (AvgIpc) is 2.30. The molecule has 0 amide bonds. The van der Waals surface area contributed by atoms with Crippen LogP contribution in [0.4, 0.5) is 0 Å². The van der Waals surface area contributed by atoms with E-state index in [2.05, 4.69) is 9.97 Å². The van der Waals surface area contributed by atoms with Crippen LogP contribution in [0.3, 0.4) is 0 Å². The number of halogens is 2. The van der Waals surface area contributed by atoms with Gasteiger partial charge in [0.05, 0.1) is 0 Å². The number of hydrogen-bond acceptors (Lipinski definition) is 2. The summed E-state index contributed by atoms with van der Waals surface area (Å²) < 4.78 is 0. The van der Waals surface area contributed by atoms with Crippen LogP contribution in [-0.2, 0) is 12.8 Å². The van der Waals surface area contributed by atoms with Crippen molar-refractivity contribution >= 4 is 23.2 Å². The number of aromatic nitrogens is 2. The maximum absolute atomic E-state index is 6.07. The Bertz CT molecular complexity index is 489. The van der Waals surface area contributed by atoms with E-state index in [1.165, 1.54) is 0 Å². The second-order valence-corrected chi connectivity index (χ2v) is 4.43. The predicted molar refractivity (Wildman–Crippen MR) is 70.7 cm³/mol. The quantitative estimate of drug-likeness (QED) is 0.787. The summed E-state index contributed by atoms with van der Waals surface area (Å²) in [6, 6.07) is 10.0. The van der Waals surface area contributed by atoms with Gasteiger partial charge in [-0.05, 0) is 12.0 Å². The molecular formula is C13H12Cl2N2. The Kier molecular flexibility index (Phi) is 3.97. The van der Waals surface area contributed by atoms with Gasteiger partial charge >= 0.3 is 0 Å². The molecule has 4 heteroatoms. The fourth-order valence-electron chi connectivity index (χ4n) is 1.62. The van der Waals surface area contributed by atoms with Gasteiger partial charge in [-0.25, -0.2) is 9.97 Å². The summed E-state index contributed by atoms with van der Waals surface area (Å²) in [5, 5.41) is 0.914.